The maximum atomic E-state index is 12.9. The van der Waals surface area contributed by atoms with Gasteiger partial charge in [0.2, 0.25) is 0 Å². The lowest BCUT2D eigenvalue weighted by molar-refractivity contribution is -0.114. The summed E-state index contributed by atoms with van der Waals surface area (Å²) in [5.74, 6) is 0.211. The van der Waals surface area contributed by atoms with Crippen LogP contribution in [0.25, 0.3) is 10.9 Å². The molecule has 0 unspecified atom stereocenters. The molecule has 0 saturated heterocycles. The number of amides is 1. The second-order valence-electron chi connectivity index (χ2n) is 7.36. The molecule has 0 saturated carbocycles. The number of phenols is 1. The van der Waals surface area contributed by atoms with Gasteiger partial charge in [0, 0.05) is 34.3 Å². The highest BCUT2D eigenvalue weighted by atomic mass is 35.5. The van der Waals surface area contributed by atoms with E-state index in [1.807, 2.05) is 60.7 Å². The fourth-order valence-electron chi connectivity index (χ4n) is 3.16. The van der Waals surface area contributed by atoms with Crippen molar-refractivity contribution in [2.45, 2.75) is 11.5 Å². The van der Waals surface area contributed by atoms with Crippen molar-refractivity contribution in [1.29, 1.82) is 0 Å². The molecule has 1 amide bonds. The number of hydrogen-bond acceptors (Lipinski definition) is 7. The average molecular weight is 524 g/mol. The minimum atomic E-state index is -0.391. The molecule has 0 aliphatic carbocycles. The van der Waals surface area contributed by atoms with Crippen molar-refractivity contribution in [2.24, 2.45) is 5.16 Å². The van der Waals surface area contributed by atoms with Crippen LogP contribution in [0.15, 0.2) is 95.1 Å². The lowest BCUT2D eigenvalue weighted by atomic mass is 10.1. The molecule has 6 nitrogen and oxygen atoms in total. The molecule has 3 aromatic carbocycles. The van der Waals surface area contributed by atoms with Gasteiger partial charge in [0.1, 0.15) is 12.4 Å². The van der Waals surface area contributed by atoms with Gasteiger partial charge in [-0.05, 0) is 35.9 Å². The lowest BCUT2D eigenvalue weighted by Gasteiger charge is -2.10. The number of aromatic hydroxyl groups is 1. The van der Waals surface area contributed by atoms with Crippen LogP contribution in [0, 0.1) is 0 Å². The highest BCUT2D eigenvalue weighted by molar-refractivity contribution is 8.76. The smallest absolute Gasteiger partial charge is 0.273 e. The number of aromatic nitrogens is 1. The summed E-state index contributed by atoms with van der Waals surface area (Å²) < 4.78 is 0. The molecular weight excluding hydrogens is 502 g/mol. The van der Waals surface area contributed by atoms with Gasteiger partial charge >= 0.3 is 0 Å². The van der Waals surface area contributed by atoms with Crippen LogP contribution in [0.2, 0.25) is 5.02 Å². The molecule has 1 aromatic heterocycles. The summed E-state index contributed by atoms with van der Waals surface area (Å²) in [4.78, 5) is 23.9. The van der Waals surface area contributed by atoms with E-state index in [9.17, 15) is 9.90 Å². The number of nitrogens with zero attached hydrogens (tertiary/aromatic N) is 2. The molecule has 0 aliphatic rings. The Morgan fingerprint density at radius 2 is 1.89 bits per heavy atom. The van der Waals surface area contributed by atoms with Gasteiger partial charge in [-0.25, -0.2) is 0 Å². The van der Waals surface area contributed by atoms with Crippen molar-refractivity contribution in [2.75, 3.05) is 12.3 Å². The third-order valence-corrected chi connectivity index (χ3v) is 7.57. The van der Waals surface area contributed by atoms with E-state index >= 15 is 0 Å². The minimum absolute atomic E-state index is 0.0725. The first-order valence-corrected chi connectivity index (χ1v) is 13.5. The molecule has 9 heteroatoms. The molecule has 1 heterocycles. The predicted octanol–water partition coefficient (Wildman–Crippen LogP) is 6.07. The normalized spacial score (nSPS) is 11.4. The van der Waals surface area contributed by atoms with E-state index in [1.54, 1.807) is 33.9 Å². The molecule has 35 heavy (non-hydrogen) atoms. The van der Waals surface area contributed by atoms with Gasteiger partial charge in [0.05, 0.1) is 10.5 Å². The van der Waals surface area contributed by atoms with Gasteiger partial charge in [-0.1, -0.05) is 86.9 Å². The van der Waals surface area contributed by atoms with Crippen LogP contribution in [-0.2, 0) is 16.2 Å². The van der Waals surface area contributed by atoms with Gasteiger partial charge in [-0.15, -0.1) is 0 Å². The van der Waals surface area contributed by atoms with Crippen LogP contribution in [0.5, 0.6) is 5.75 Å². The van der Waals surface area contributed by atoms with Crippen molar-refractivity contribution in [3.63, 3.8) is 0 Å². The van der Waals surface area contributed by atoms with E-state index in [1.165, 1.54) is 12.1 Å². The van der Waals surface area contributed by atoms with Gasteiger partial charge in [0.25, 0.3) is 5.91 Å². The van der Waals surface area contributed by atoms with Crippen LogP contribution in [0.4, 0.5) is 0 Å². The number of pyridine rings is 1. The molecular formula is C26H22ClN3O3S2. The summed E-state index contributed by atoms with van der Waals surface area (Å²) in [6, 6.07) is 24.1. The number of fused-ring (bicyclic) bond motifs is 1. The first-order valence-electron chi connectivity index (χ1n) is 10.8. The maximum absolute atomic E-state index is 12.9. The van der Waals surface area contributed by atoms with Crippen LogP contribution in [0.3, 0.4) is 0 Å². The zero-order valence-electron chi connectivity index (χ0n) is 18.6. The first-order chi connectivity index (χ1) is 17.1. The second kappa shape index (κ2) is 12.5. The number of para-hydroxylation sites is 1. The van der Waals surface area contributed by atoms with Crippen LogP contribution in [-0.4, -0.2) is 34.0 Å². The van der Waals surface area contributed by atoms with E-state index in [0.717, 1.165) is 21.4 Å². The Balaban J connectivity index is 1.36. The fourth-order valence-corrected chi connectivity index (χ4v) is 5.41. The van der Waals surface area contributed by atoms with E-state index < -0.39 is 5.91 Å². The number of oxime groups is 1. The molecule has 0 radical (unpaired) electrons. The van der Waals surface area contributed by atoms with E-state index in [4.69, 9.17) is 16.4 Å². The molecule has 0 fully saturated rings. The Hall–Kier alpha value is -3.20. The minimum Gasteiger partial charge on any atom is -0.506 e. The lowest BCUT2D eigenvalue weighted by Crippen LogP contribution is -2.33. The Morgan fingerprint density at radius 3 is 2.71 bits per heavy atom. The number of carbonyl (C=O) groups is 1. The summed E-state index contributed by atoms with van der Waals surface area (Å²) in [6.07, 6.45) is 1.79. The quantitative estimate of drug-likeness (QED) is 0.114. The average Bonchev–Trinajstić information content (AvgIpc) is 2.89. The monoisotopic (exact) mass is 523 g/mol. The second-order valence-corrected chi connectivity index (χ2v) is 10.2. The summed E-state index contributed by atoms with van der Waals surface area (Å²) in [7, 11) is 3.25. The van der Waals surface area contributed by atoms with Crippen molar-refractivity contribution in [3.8, 4) is 5.75 Å². The fraction of sp³-hybridized carbons (Fsp3) is 0.115. The third kappa shape index (κ3) is 6.91. The van der Waals surface area contributed by atoms with Crippen molar-refractivity contribution < 1.29 is 14.7 Å². The third-order valence-electron chi connectivity index (χ3n) is 4.88. The molecule has 2 N–H and O–H groups in total. The molecule has 0 bridgehead atoms. The zero-order chi connectivity index (χ0) is 24.5. The van der Waals surface area contributed by atoms with E-state index in [-0.39, 0.29) is 23.1 Å². The van der Waals surface area contributed by atoms with E-state index in [2.05, 4.69) is 15.5 Å². The van der Waals surface area contributed by atoms with Crippen LogP contribution < -0.4 is 5.32 Å². The standard InChI is InChI=1S/C26H22ClN3O3S2/c27-21-16-20(11-12-22(21)31)25(30-33-17-18-6-2-1-3-7-18)26(32)29-14-15-34-35-23-10-4-8-19-9-5-13-28-24(19)23/h1-13,16,31H,14-15,17H2,(H,29,32). The molecule has 0 aliphatic heterocycles. The predicted molar refractivity (Wildman–Crippen MR) is 144 cm³/mol. The number of rotatable bonds is 10. The largest absolute Gasteiger partial charge is 0.506 e. The summed E-state index contributed by atoms with van der Waals surface area (Å²) >= 11 is 6.05. The Bertz CT molecular complexity index is 1330. The Morgan fingerprint density at radius 1 is 1.06 bits per heavy atom. The molecule has 178 valence electrons. The molecule has 4 rings (SSSR count). The van der Waals surface area contributed by atoms with Gasteiger partial charge < -0.3 is 15.3 Å². The van der Waals surface area contributed by atoms with Gasteiger partial charge in [0.15, 0.2) is 5.71 Å². The number of carbonyl (C=O) groups excluding carboxylic acids is 1. The van der Waals surface area contributed by atoms with E-state index in [0.29, 0.717) is 17.9 Å². The van der Waals surface area contributed by atoms with Crippen molar-refractivity contribution in [1.82, 2.24) is 10.3 Å². The summed E-state index contributed by atoms with van der Waals surface area (Å²) in [5.41, 5.74) is 2.42. The number of halogens is 1. The highest BCUT2D eigenvalue weighted by Gasteiger charge is 2.17. The maximum Gasteiger partial charge on any atom is 0.273 e. The first kappa shape index (κ1) is 24.9. The van der Waals surface area contributed by atoms with Gasteiger partial charge in [-0.2, -0.15) is 0 Å². The molecule has 4 aromatic rings. The molecule has 0 spiro atoms. The Labute approximate surface area is 216 Å². The number of phenolic OH excluding ortho intramolecular Hbond substituents is 1. The van der Waals surface area contributed by atoms with Crippen molar-refractivity contribution in [3.05, 3.63) is 101 Å². The SMILES string of the molecule is O=C(NCCSSc1cccc2cccnc12)C(=NOCc1ccccc1)c1ccc(O)c(Cl)c1. The molecule has 0 atom stereocenters. The number of hydrogen-bond donors (Lipinski definition) is 2. The van der Waals surface area contributed by atoms with Gasteiger partial charge in [-0.3, -0.25) is 9.78 Å². The van der Waals surface area contributed by atoms with Crippen LogP contribution in [0.1, 0.15) is 11.1 Å². The topological polar surface area (TPSA) is 83.8 Å². The summed E-state index contributed by atoms with van der Waals surface area (Å²) in [5, 5.41) is 17.9. The number of nitrogens with one attached hydrogen (secondary N) is 1. The zero-order valence-corrected chi connectivity index (χ0v) is 20.9. The Kier molecular flexibility index (Phi) is 8.89. The highest BCUT2D eigenvalue weighted by Crippen LogP contribution is 2.34. The summed E-state index contributed by atoms with van der Waals surface area (Å²) in [6.45, 7) is 0.646. The van der Waals surface area contributed by atoms with Crippen molar-refractivity contribution >= 4 is 55.7 Å². The number of benzene rings is 3. The van der Waals surface area contributed by atoms with Crippen LogP contribution >= 0.6 is 33.2 Å².